The maximum absolute atomic E-state index is 11.4. The van der Waals surface area contributed by atoms with E-state index in [4.69, 9.17) is 0 Å². The highest BCUT2D eigenvalue weighted by molar-refractivity contribution is 9.10. The minimum absolute atomic E-state index is 0.0990. The molecule has 0 amide bonds. The SMILES string of the molecule is CCc1nc2ccc(Br)cc2[nH]c1=O. The number of hydrogen-bond donors (Lipinski definition) is 1. The number of hydrogen-bond acceptors (Lipinski definition) is 2. The number of fused-ring (bicyclic) bond motifs is 1. The summed E-state index contributed by atoms with van der Waals surface area (Å²) in [7, 11) is 0. The first kappa shape index (κ1) is 9.40. The summed E-state index contributed by atoms with van der Waals surface area (Å²) in [6.45, 7) is 1.92. The van der Waals surface area contributed by atoms with Gasteiger partial charge in [-0.1, -0.05) is 22.9 Å². The van der Waals surface area contributed by atoms with Crippen molar-refractivity contribution in [2.24, 2.45) is 0 Å². The number of nitrogens with zero attached hydrogens (tertiary/aromatic N) is 1. The second-order valence-electron chi connectivity index (χ2n) is 3.03. The van der Waals surface area contributed by atoms with Crippen molar-refractivity contribution in [1.29, 1.82) is 0 Å². The number of aryl methyl sites for hydroxylation is 1. The van der Waals surface area contributed by atoms with Gasteiger partial charge in [-0.2, -0.15) is 0 Å². The summed E-state index contributed by atoms with van der Waals surface area (Å²) >= 11 is 3.34. The lowest BCUT2D eigenvalue weighted by Crippen LogP contribution is -2.14. The maximum Gasteiger partial charge on any atom is 0.270 e. The van der Waals surface area contributed by atoms with Crippen molar-refractivity contribution in [3.05, 3.63) is 38.7 Å². The van der Waals surface area contributed by atoms with Crippen molar-refractivity contribution >= 4 is 27.0 Å². The van der Waals surface area contributed by atoms with Gasteiger partial charge in [0.1, 0.15) is 5.69 Å². The third-order valence-corrected chi connectivity index (χ3v) is 2.55. The molecule has 1 N–H and O–H groups in total. The summed E-state index contributed by atoms with van der Waals surface area (Å²) in [5.74, 6) is 0. The average Bonchev–Trinajstić information content (AvgIpc) is 2.16. The van der Waals surface area contributed by atoms with Crippen LogP contribution in [0.3, 0.4) is 0 Å². The number of benzene rings is 1. The van der Waals surface area contributed by atoms with E-state index in [9.17, 15) is 4.79 Å². The molecule has 0 atom stereocenters. The van der Waals surface area contributed by atoms with Crippen LogP contribution < -0.4 is 5.56 Å². The van der Waals surface area contributed by atoms with Crippen LogP contribution in [0.25, 0.3) is 11.0 Å². The van der Waals surface area contributed by atoms with Gasteiger partial charge in [0, 0.05) is 4.47 Å². The van der Waals surface area contributed by atoms with Crippen LogP contribution in [-0.2, 0) is 6.42 Å². The van der Waals surface area contributed by atoms with E-state index in [1.54, 1.807) is 0 Å². The molecule has 72 valence electrons. The Morgan fingerprint density at radius 3 is 3.00 bits per heavy atom. The normalized spacial score (nSPS) is 10.7. The van der Waals surface area contributed by atoms with Gasteiger partial charge in [-0.25, -0.2) is 4.98 Å². The Bertz CT molecular complexity index is 533. The number of nitrogens with one attached hydrogen (secondary N) is 1. The standard InChI is InChI=1S/C10H9BrN2O/c1-2-7-10(14)13-9-5-6(11)3-4-8(9)12-7/h3-5H,2H2,1H3,(H,13,14). The predicted octanol–water partition coefficient (Wildman–Crippen LogP) is 2.25. The zero-order chi connectivity index (χ0) is 10.1. The molecule has 0 fully saturated rings. The van der Waals surface area contributed by atoms with E-state index in [-0.39, 0.29) is 5.56 Å². The van der Waals surface area contributed by atoms with Crippen LogP contribution in [0.1, 0.15) is 12.6 Å². The van der Waals surface area contributed by atoms with Gasteiger partial charge < -0.3 is 4.98 Å². The lowest BCUT2D eigenvalue weighted by atomic mass is 10.2. The van der Waals surface area contributed by atoms with Crippen molar-refractivity contribution < 1.29 is 0 Å². The van der Waals surface area contributed by atoms with E-state index < -0.39 is 0 Å². The van der Waals surface area contributed by atoms with Gasteiger partial charge in [0.2, 0.25) is 0 Å². The lowest BCUT2D eigenvalue weighted by molar-refractivity contribution is 0.996. The first-order valence-corrected chi connectivity index (χ1v) is 5.18. The maximum atomic E-state index is 11.4. The van der Waals surface area contributed by atoms with E-state index in [1.807, 2.05) is 25.1 Å². The van der Waals surface area contributed by atoms with E-state index in [0.29, 0.717) is 12.1 Å². The van der Waals surface area contributed by atoms with Crippen molar-refractivity contribution in [3.63, 3.8) is 0 Å². The monoisotopic (exact) mass is 252 g/mol. The summed E-state index contributed by atoms with van der Waals surface area (Å²) in [6, 6.07) is 5.64. The van der Waals surface area contributed by atoms with Crippen LogP contribution in [-0.4, -0.2) is 9.97 Å². The highest BCUT2D eigenvalue weighted by atomic mass is 79.9. The van der Waals surface area contributed by atoms with E-state index in [2.05, 4.69) is 25.9 Å². The fraction of sp³-hybridized carbons (Fsp3) is 0.200. The van der Waals surface area contributed by atoms with E-state index in [0.717, 1.165) is 15.5 Å². The molecule has 2 aromatic rings. The number of halogens is 1. The Kier molecular flexibility index (Phi) is 2.37. The Balaban J connectivity index is 2.79. The van der Waals surface area contributed by atoms with Crippen molar-refractivity contribution in [2.45, 2.75) is 13.3 Å². The number of aromatic nitrogens is 2. The highest BCUT2D eigenvalue weighted by Gasteiger charge is 2.02. The van der Waals surface area contributed by atoms with E-state index in [1.165, 1.54) is 0 Å². The molecule has 0 aliphatic carbocycles. The predicted molar refractivity (Wildman–Crippen MR) is 59.4 cm³/mol. The Morgan fingerprint density at radius 2 is 2.29 bits per heavy atom. The van der Waals surface area contributed by atoms with Crippen molar-refractivity contribution in [1.82, 2.24) is 9.97 Å². The summed E-state index contributed by atoms with van der Waals surface area (Å²) in [6.07, 6.45) is 0.654. The topological polar surface area (TPSA) is 45.8 Å². The molecule has 0 saturated heterocycles. The molecule has 0 spiro atoms. The van der Waals surface area contributed by atoms with Crippen LogP contribution in [0.5, 0.6) is 0 Å². The fourth-order valence-corrected chi connectivity index (χ4v) is 1.70. The van der Waals surface area contributed by atoms with Crippen LogP contribution in [0.2, 0.25) is 0 Å². The molecule has 1 aromatic carbocycles. The summed E-state index contributed by atoms with van der Waals surface area (Å²) in [5, 5.41) is 0. The first-order chi connectivity index (χ1) is 6.70. The minimum Gasteiger partial charge on any atom is -0.319 e. The first-order valence-electron chi connectivity index (χ1n) is 4.39. The molecule has 3 nitrogen and oxygen atoms in total. The second-order valence-corrected chi connectivity index (χ2v) is 3.94. The Morgan fingerprint density at radius 1 is 1.50 bits per heavy atom. The quantitative estimate of drug-likeness (QED) is 0.847. The largest absolute Gasteiger partial charge is 0.319 e. The molecule has 0 aliphatic rings. The minimum atomic E-state index is -0.0990. The number of H-pyrrole nitrogens is 1. The fourth-order valence-electron chi connectivity index (χ4n) is 1.34. The Hall–Kier alpha value is -1.16. The van der Waals surface area contributed by atoms with Gasteiger partial charge in [0.25, 0.3) is 5.56 Å². The average molecular weight is 253 g/mol. The molecule has 1 heterocycles. The van der Waals surface area contributed by atoms with Crippen LogP contribution in [0.4, 0.5) is 0 Å². The molecule has 0 saturated carbocycles. The molecule has 1 aromatic heterocycles. The molecule has 4 heteroatoms. The van der Waals surface area contributed by atoms with E-state index >= 15 is 0 Å². The van der Waals surface area contributed by atoms with Gasteiger partial charge in [-0.15, -0.1) is 0 Å². The van der Waals surface area contributed by atoms with Gasteiger partial charge in [0.15, 0.2) is 0 Å². The molecule has 14 heavy (non-hydrogen) atoms. The van der Waals surface area contributed by atoms with Crippen molar-refractivity contribution in [3.8, 4) is 0 Å². The zero-order valence-electron chi connectivity index (χ0n) is 7.67. The van der Waals surface area contributed by atoms with Gasteiger partial charge >= 0.3 is 0 Å². The van der Waals surface area contributed by atoms with Gasteiger partial charge in [-0.05, 0) is 24.6 Å². The second kappa shape index (κ2) is 3.53. The number of aromatic amines is 1. The molecule has 2 rings (SSSR count). The van der Waals surface area contributed by atoms with Gasteiger partial charge in [0.05, 0.1) is 11.0 Å². The molecule has 0 bridgehead atoms. The van der Waals surface area contributed by atoms with Crippen LogP contribution in [0, 0.1) is 0 Å². The van der Waals surface area contributed by atoms with Crippen molar-refractivity contribution in [2.75, 3.05) is 0 Å². The Labute approximate surface area is 89.3 Å². The molecule has 0 unspecified atom stereocenters. The molecule has 0 aliphatic heterocycles. The summed E-state index contributed by atoms with van der Waals surface area (Å²) < 4.78 is 0.937. The summed E-state index contributed by atoms with van der Waals surface area (Å²) in [5.41, 5.74) is 2.07. The van der Waals surface area contributed by atoms with Crippen LogP contribution in [0.15, 0.2) is 27.5 Å². The van der Waals surface area contributed by atoms with Crippen LogP contribution >= 0.6 is 15.9 Å². The van der Waals surface area contributed by atoms with Gasteiger partial charge in [-0.3, -0.25) is 4.79 Å². The molecule has 0 radical (unpaired) electrons. The third kappa shape index (κ3) is 1.57. The molecular weight excluding hydrogens is 244 g/mol. The number of rotatable bonds is 1. The zero-order valence-corrected chi connectivity index (χ0v) is 9.26. The third-order valence-electron chi connectivity index (χ3n) is 2.06. The summed E-state index contributed by atoms with van der Waals surface area (Å²) in [4.78, 5) is 18.5. The molecular formula is C10H9BrN2O. The highest BCUT2D eigenvalue weighted by Crippen LogP contribution is 2.15. The lowest BCUT2D eigenvalue weighted by Gasteiger charge is -2.00. The smallest absolute Gasteiger partial charge is 0.270 e.